The van der Waals surface area contributed by atoms with Gasteiger partial charge in [0, 0.05) is 22.8 Å². The van der Waals surface area contributed by atoms with Gasteiger partial charge < -0.3 is 10.1 Å². The Balaban J connectivity index is 1.67. The van der Waals surface area contributed by atoms with Gasteiger partial charge in [-0.2, -0.15) is 0 Å². The summed E-state index contributed by atoms with van der Waals surface area (Å²) in [6, 6.07) is 11.3. The van der Waals surface area contributed by atoms with Gasteiger partial charge in [0.05, 0.1) is 12.4 Å². The number of allylic oxidation sites excluding steroid dienone is 1. The molecule has 7 nitrogen and oxygen atoms in total. The van der Waals surface area contributed by atoms with Crippen LogP contribution in [0, 0.1) is 5.92 Å². The highest BCUT2D eigenvalue weighted by Crippen LogP contribution is 2.26. The predicted molar refractivity (Wildman–Crippen MR) is 127 cm³/mol. The van der Waals surface area contributed by atoms with Crippen LogP contribution < -0.4 is 10.1 Å². The molecule has 162 valence electrons. The van der Waals surface area contributed by atoms with Crippen LogP contribution in [0.15, 0.2) is 64.9 Å². The third kappa shape index (κ3) is 6.67. The van der Waals surface area contributed by atoms with E-state index in [9.17, 15) is 4.79 Å². The van der Waals surface area contributed by atoms with Gasteiger partial charge in [-0.05, 0) is 58.2 Å². The van der Waals surface area contributed by atoms with Crippen LogP contribution in [0.1, 0.15) is 13.8 Å². The fourth-order valence-electron chi connectivity index (χ4n) is 2.62. The molecule has 31 heavy (non-hydrogen) atoms. The van der Waals surface area contributed by atoms with Crippen LogP contribution in [0.4, 0.5) is 5.82 Å². The quantitative estimate of drug-likeness (QED) is 0.309. The Kier molecular flexibility index (Phi) is 8.25. The van der Waals surface area contributed by atoms with Crippen LogP contribution in [0.2, 0.25) is 0 Å². The molecule has 3 aromatic rings. The molecule has 0 fully saturated rings. The van der Waals surface area contributed by atoms with E-state index in [2.05, 4.69) is 56.9 Å². The van der Waals surface area contributed by atoms with Crippen molar-refractivity contribution in [2.24, 2.45) is 5.92 Å². The molecule has 0 saturated heterocycles. The summed E-state index contributed by atoms with van der Waals surface area (Å²) >= 11 is 4.64. The lowest BCUT2D eigenvalue weighted by atomic mass is 10.2. The monoisotopic (exact) mass is 501 g/mol. The highest BCUT2D eigenvalue weighted by molar-refractivity contribution is 9.10. The summed E-state index contributed by atoms with van der Waals surface area (Å²) in [5, 5.41) is 12.0. The number of hydrogen-bond acceptors (Lipinski definition) is 6. The van der Waals surface area contributed by atoms with Crippen molar-refractivity contribution in [1.29, 1.82) is 0 Å². The van der Waals surface area contributed by atoms with E-state index in [-0.39, 0.29) is 11.7 Å². The number of thioether (sulfide) groups is 1. The number of nitrogens with one attached hydrogen (secondary N) is 1. The molecule has 0 atom stereocenters. The second-order valence-electron chi connectivity index (χ2n) is 7.13. The molecule has 3 rings (SSSR count). The van der Waals surface area contributed by atoms with Crippen LogP contribution in [0.25, 0.3) is 11.4 Å². The number of aromatic nitrogens is 4. The zero-order valence-corrected chi connectivity index (χ0v) is 19.8. The van der Waals surface area contributed by atoms with Crippen LogP contribution in [-0.4, -0.2) is 38.0 Å². The van der Waals surface area contributed by atoms with Gasteiger partial charge in [-0.1, -0.05) is 31.7 Å². The summed E-state index contributed by atoms with van der Waals surface area (Å²) in [6.07, 6.45) is 3.41. The van der Waals surface area contributed by atoms with Crippen molar-refractivity contribution >= 4 is 39.4 Å². The number of carbonyl (C=O) groups is 1. The molecule has 0 aliphatic heterocycles. The minimum absolute atomic E-state index is 0.166. The molecule has 2 aromatic heterocycles. The Labute approximate surface area is 194 Å². The largest absolute Gasteiger partial charge is 0.493 e. The summed E-state index contributed by atoms with van der Waals surface area (Å²) in [4.78, 5) is 16.4. The van der Waals surface area contributed by atoms with Crippen molar-refractivity contribution in [2.75, 3.05) is 17.7 Å². The molecule has 0 unspecified atom stereocenters. The Hall–Kier alpha value is -2.65. The van der Waals surface area contributed by atoms with E-state index in [0.717, 1.165) is 15.8 Å². The molecule has 0 spiro atoms. The fourth-order valence-corrected chi connectivity index (χ4v) is 3.61. The van der Waals surface area contributed by atoms with Crippen molar-refractivity contribution < 1.29 is 9.53 Å². The summed E-state index contributed by atoms with van der Waals surface area (Å²) in [5.41, 5.74) is 0.918. The molecule has 0 bridgehead atoms. The molecule has 0 saturated carbocycles. The van der Waals surface area contributed by atoms with Crippen molar-refractivity contribution in [1.82, 2.24) is 19.7 Å². The summed E-state index contributed by atoms with van der Waals surface area (Å²) < 4.78 is 8.53. The van der Waals surface area contributed by atoms with Gasteiger partial charge in [0.25, 0.3) is 0 Å². The number of hydrogen-bond donors (Lipinski definition) is 1. The minimum Gasteiger partial charge on any atom is -0.493 e. The lowest BCUT2D eigenvalue weighted by Crippen LogP contribution is -2.15. The van der Waals surface area contributed by atoms with Crippen LogP contribution in [0.5, 0.6) is 5.75 Å². The lowest BCUT2D eigenvalue weighted by molar-refractivity contribution is -0.113. The Morgan fingerprint density at radius 2 is 2.03 bits per heavy atom. The normalized spacial score (nSPS) is 10.8. The fraction of sp³-hybridized carbons (Fsp3) is 0.273. The number of rotatable bonds is 10. The number of carbonyl (C=O) groups excluding carboxylic acids is 1. The van der Waals surface area contributed by atoms with Crippen molar-refractivity contribution in [3.63, 3.8) is 0 Å². The molecule has 9 heteroatoms. The maximum absolute atomic E-state index is 12.3. The first kappa shape index (κ1) is 23.0. The second kappa shape index (κ2) is 11.1. The van der Waals surface area contributed by atoms with E-state index >= 15 is 0 Å². The van der Waals surface area contributed by atoms with Gasteiger partial charge in [-0.25, -0.2) is 4.98 Å². The van der Waals surface area contributed by atoms with E-state index in [0.29, 0.717) is 35.9 Å². The zero-order valence-electron chi connectivity index (χ0n) is 17.4. The average molecular weight is 502 g/mol. The average Bonchev–Trinajstić information content (AvgIpc) is 3.15. The first-order valence-electron chi connectivity index (χ1n) is 9.77. The van der Waals surface area contributed by atoms with E-state index < -0.39 is 0 Å². The SMILES string of the molecule is C=CCn1c(SCC(=O)Nc2ccc(Br)cn2)nnc1-c1ccc(OCC(C)C)cc1. The van der Waals surface area contributed by atoms with Crippen molar-refractivity contribution in [3.8, 4) is 17.1 Å². The highest BCUT2D eigenvalue weighted by atomic mass is 79.9. The zero-order chi connectivity index (χ0) is 22.2. The maximum Gasteiger partial charge on any atom is 0.236 e. The van der Waals surface area contributed by atoms with Gasteiger partial charge in [-0.3, -0.25) is 9.36 Å². The molecule has 0 aliphatic rings. The van der Waals surface area contributed by atoms with E-state index in [4.69, 9.17) is 4.74 Å². The Morgan fingerprint density at radius 1 is 1.26 bits per heavy atom. The Morgan fingerprint density at radius 3 is 2.68 bits per heavy atom. The molecule has 2 heterocycles. The van der Waals surface area contributed by atoms with E-state index in [1.54, 1.807) is 18.3 Å². The van der Waals surface area contributed by atoms with Gasteiger partial charge in [0.1, 0.15) is 11.6 Å². The third-order valence-electron chi connectivity index (χ3n) is 4.05. The molecule has 1 amide bonds. The van der Waals surface area contributed by atoms with Crippen LogP contribution in [0.3, 0.4) is 0 Å². The number of ether oxygens (including phenoxy) is 1. The smallest absolute Gasteiger partial charge is 0.236 e. The Bertz CT molecular complexity index is 1020. The van der Waals surface area contributed by atoms with E-state index in [1.165, 1.54) is 11.8 Å². The topological polar surface area (TPSA) is 81.9 Å². The standard InChI is InChI=1S/C22H24BrN5O2S/c1-4-11-28-21(16-5-8-18(9-6-16)30-13-15(2)3)26-27-22(28)31-14-20(29)25-19-10-7-17(23)12-24-19/h4-10,12,15H,1,11,13-14H2,2-3H3,(H,24,25,29). The van der Waals surface area contributed by atoms with Gasteiger partial charge in [0.2, 0.25) is 5.91 Å². The third-order valence-corrected chi connectivity index (χ3v) is 5.49. The number of nitrogens with zero attached hydrogens (tertiary/aromatic N) is 4. The first-order chi connectivity index (χ1) is 15.0. The summed E-state index contributed by atoms with van der Waals surface area (Å²) in [6.45, 7) is 9.26. The molecule has 1 N–H and O–H groups in total. The number of benzene rings is 1. The van der Waals surface area contributed by atoms with Crippen LogP contribution >= 0.6 is 27.7 Å². The number of anilines is 1. The predicted octanol–water partition coefficient (Wildman–Crippen LogP) is 5.05. The maximum atomic E-state index is 12.3. The van der Waals surface area contributed by atoms with Gasteiger partial charge in [-0.15, -0.1) is 16.8 Å². The van der Waals surface area contributed by atoms with E-state index in [1.807, 2.05) is 34.9 Å². The second-order valence-corrected chi connectivity index (χ2v) is 8.99. The molecular formula is C22H24BrN5O2S. The molecular weight excluding hydrogens is 478 g/mol. The van der Waals surface area contributed by atoms with Crippen molar-refractivity contribution in [2.45, 2.75) is 25.5 Å². The first-order valence-corrected chi connectivity index (χ1v) is 11.6. The lowest BCUT2D eigenvalue weighted by Gasteiger charge is -2.10. The molecule has 0 aliphatic carbocycles. The summed E-state index contributed by atoms with van der Waals surface area (Å²) in [7, 11) is 0. The van der Waals surface area contributed by atoms with Gasteiger partial charge >= 0.3 is 0 Å². The molecule has 1 aromatic carbocycles. The van der Waals surface area contributed by atoms with Crippen LogP contribution in [-0.2, 0) is 11.3 Å². The molecule has 0 radical (unpaired) electrons. The number of pyridine rings is 1. The number of amides is 1. The number of halogens is 1. The minimum atomic E-state index is -0.166. The highest BCUT2D eigenvalue weighted by Gasteiger charge is 2.15. The van der Waals surface area contributed by atoms with Crippen molar-refractivity contribution in [3.05, 3.63) is 59.7 Å². The summed E-state index contributed by atoms with van der Waals surface area (Å²) in [5.74, 6) is 2.53. The van der Waals surface area contributed by atoms with Gasteiger partial charge in [0.15, 0.2) is 11.0 Å².